The quantitative estimate of drug-likeness (QED) is 0.766. The Balaban J connectivity index is 1.53. The maximum Gasteiger partial charge on any atom is 0.416 e. The molecule has 2 aromatic rings. The molecule has 1 fully saturated rings. The number of hydrogen-bond acceptors (Lipinski definition) is 3. The van der Waals surface area contributed by atoms with Gasteiger partial charge in [0.1, 0.15) is 5.76 Å². The first-order valence-corrected chi connectivity index (χ1v) is 9.39. The molecule has 28 heavy (non-hydrogen) atoms. The van der Waals surface area contributed by atoms with E-state index in [0.29, 0.717) is 12.1 Å². The standard InChI is InChI=1S/C20H24F3N3O2/c21-20(22,23)16-7-4-6-15(12-16)13-24-19(27)25-14-17(18-8-5-11-28-18)26-9-2-1-3-10-26/h4-8,11-12,17H,1-3,9-10,13-14H2,(H2,24,25,27). The number of likely N-dealkylation sites (tertiary alicyclic amines) is 1. The highest BCUT2D eigenvalue weighted by Gasteiger charge is 2.30. The summed E-state index contributed by atoms with van der Waals surface area (Å²) >= 11 is 0. The summed E-state index contributed by atoms with van der Waals surface area (Å²) in [5.74, 6) is 0.792. The van der Waals surface area contributed by atoms with Gasteiger partial charge in [-0.25, -0.2) is 4.79 Å². The van der Waals surface area contributed by atoms with Gasteiger partial charge in [0, 0.05) is 13.1 Å². The third-order valence-electron chi connectivity index (χ3n) is 4.87. The molecular weight excluding hydrogens is 371 g/mol. The van der Waals surface area contributed by atoms with E-state index < -0.39 is 17.8 Å². The lowest BCUT2D eigenvalue weighted by molar-refractivity contribution is -0.137. The molecule has 3 rings (SSSR count). The molecule has 1 saturated heterocycles. The van der Waals surface area contributed by atoms with E-state index in [-0.39, 0.29) is 12.6 Å². The van der Waals surface area contributed by atoms with Crippen molar-refractivity contribution in [2.24, 2.45) is 0 Å². The molecule has 2 N–H and O–H groups in total. The van der Waals surface area contributed by atoms with Crippen LogP contribution in [0.25, 0.3) is 0 Å². The van der Waals surface area contributed by atoms with Crippen LogP contribution in [-0.4, -0.2) is 30.6 Å². The third-order valence-corrected chi connectivity index (χ3v) is 4.87. The zero-order valence-electron chi connectivity index (χ0n) is 15.5. The molecule has 152 valence electrons. The van der Waals surface area contributed by atoms with E-state index in [1.807, 2.05) is 12.1 Å². The Morgan fingerprint density at radius 3 is 2.57 bits per heavy atom. The molecule has 8 heteroatoms. The van der Waals surface area contributed by atoms with Crippen LogP contribution in [0.1, 0.15) is 42.2 Å². The van der Waals surface area contributed by atoms with E-state index in [9.17, 15) is 18.0 Å². The minimum absolute atomic E-state index is 0.0187. The van der Waals surface area contributed by atoms with Crippen LogP contribution in [0.3, 0.4) is 0 Å². The number of alkyl halides is 3. The zero-order valence-corrected chi connectivity index (χ0v) is 15.5. The van der Waals surface area contributed by atoms with E-state index in [1.54, 1.807) is 12.3 Å². The number of carbonyl (C=O) groups is 1. The Bertz CT molecular complexity index is 756. The number of amides is 2. The first-order chi connectivity index (χ1) is 13.4. The number of nitrogens with one attached hydrogen (secondary N) is 2. The molecule has 0 spiro atoms. The van der Waals surface area contributed by atoms with Gasteiger partial charge in [0.15, 0.2) is 0 Å². The maximum absolute atomic E-state index is 12.8. The Labute approximate surface area is 161 Å². The van der Waals surface area contributed by atoms with Crippen molar-refractivity contribution < 1.29 is 22.4 Å². The Morgan fingerprint density at radius 2 is 1.89 bits per heavy atom. The van der Waals surface area contributed by atoms with Crippen LogP contribution in [0.4, 0.5) is 18.0 Å². The maximum atomic E-state index is 12.8. The van der Waals surface area contributed by atoms with E-state index in [1.165, 1.54) is 12.5 Å². The van der Waals surface area contributed by atoms with Crippen LogP contribution in [0.15, 0.2) is 47.1 Å². The van der Waals surface area contributed by atoms with Gasteiger partial charge in [-0.1, -0.05) is 18.6 Å². The van der Waals surface area contributed by atoms with Crippen molar-refractivity contribution in [2.75, 3.05) is 19.6 Å². The molecule has 1 aromatic heterocycles. The van der Waals surface area contributed by atoms with Crippen molar-refractivity contribution in [2.45, 2.75) is 38.0 Å². The number of piperidine rings is 1. The van der Waals surface area contributed by atoms with Crippen molar-refractivity contribution in [1.29, 1.82) is 0 Å². The lowest BCUT2D eigenvalue weighted by Gasteiger charge is -2.33. The van der Waals surface area contributed by atoms with Gasteiger partial charge in [0.05, 0.1) is 17.9 Å². The van der Waals surface area contributed by atoms with Crippen molar-refractivity contribution >= 4 is 6.03 Å². The second-order valence-corrected chi connectivity index (χ2v) is 6.89. The van der Waals surface area contributed by atoms with Crippen LogP contribution in [-0.2, 0) is 12.7 Å². The predicted molar refractivity (Wildman–Crippen MR) is 98.6 cm³/mol. The Morgan fingerprint density at radius 1 is 1.11 bits per heavy atom. The highest BCUT2D eigenvalue weighted by Crippen LogP contribution is 2.29. The summed E-state index contributed by atoms with van der Waals surface area (Å²) in [6.45, 7) is 2.27. The number of halogens is 3. The van der Waals surface area contributed by atoms with Gasteiger partial charge in [-0.3, -0.25) is 4.90 Å². The van der Waals surface area contributed by atoms with Crippen molar-refractivity contribution in [1.82, 2.24) is 15.5 Å². The van der Waals surface area contributed by atoms with Gasteiger partial charge in [-0.15, -0.1) is 0 Å². The fraction of sp³-hybridized carbons (Fsp3) is 0.450. The van der Waals surface area contributed by atoms with Crippen molar-refractivity contribution in [3.8, 4) is 0 Å². The topological polar surface area (TPSA) is 57.5 Å². The molecule has 1 aliphatic rings. The van der Waals surface area contributed by atoms with Crippen LogP contribution in [0.5, 0.6) is 0 Å². The number of carbonyl (C=O) groups excluding carboxylic acids is 1. The van der Waals surface area contributed by atoms with E-state index in [0.717, 1.165) is 43.8 Å². The SMILES string of the molecule is O=C(NCc1cccc(C(F)(F)F)c1)NCC(c1ccco1)N1CCCCC1. The van der Waals surface area contributed by atoms with Crippen LogP contribution in [0, 0.1) is 0 Å². The molecule has 2 heterocycles. The average molecular weight is 395 g/mol. The average Bonchev–Trinajstić information content (AvgIpc) is 3.21. The molecule has 0 aliphatic carbocycles. The van der Waals surface area contributed by atoms with Gasteiger partial charge >= 0.3 is 12.2 Å². The largest absolute Gasteiger partial charge is 0.468 e. The fourth-order valence-corrected chi connectivity index (χ4v) is 3.41. The minimum Gasteiger partial charge on any atom is -0.468 e. The smallest absolute Gasteiger partial charge is 0.416 e. The van der Waals surface area contributed by atoms with Gasteiger partial charge in [0.25, 0.3) is 0 Å². The highest BCUT2D eigenvalue weighted by molar-refractivity contribution is 5.73. The minimum atomic E-state index is -4.40. The molecule has 1 aliphatic heterocycles. The van der Waals surface area contributed by atoms with Crippen molar-refractivity contribution in [3.63, 3.8) is 0 Å². The number of rotatable bonds is 6. The lowest BCUT2D eigenvalue weighted by Crippen LogP contribution is -2.43. The molecule has 0 radical (unpaired) electrons. The van der Waals surface area contributed by atoms with Crippen LogP contribution >= 0.6 is 0 Å². The van der Waals surface area contributed by atoms with Gasteiger partial charge < -0.3 is 15.1 Å². The summed E-state index contributed by atoms with van der Waals surface area (Å²) in [5, 5.41) is 5.42. The highest BCUT2D eigenvalue weighted by atomic mass is 19.4. The normalized spacial score (nSPS) is 16.5. The van der Waals surface area contributed by atoms with Gasteiger partial charge in [-0.05, 0) is 55.8 Å². The van der Waals surface area contributed by atoms with Gasteiger partial charge in [0.2, 0.25) is 0 Å². The molecule has 1 unspecified atom stereocenters. The number of nitrogens with zero attached hydrogens (tertiary/aromatic N) is 1. The number of hydrogen-bond donors (Lipinski definition) is 2. The molecule has 1 aromatic carbocycles. The van der Waals surface area contributed by atoms with E-state index in [4.69, 9.17) is 4.42 Å². The predicted octanol–water partition coefficient (Wildman–Crippen LogP) is 4.32. The monoisotopic (exact) mass is 395 g/mol. The molecule has 0 saturated carbocycles. The Hall–Kier alpha value is -2.48. The van der Waals surface area contributed by atoms with Gasteiger partial charge in [-0.2, -0.15) is 13.2 Å². The number of benzene rings is 1. The fourth-order valence-electron chi connectivity index (χ4n) is 3.41. The zero-order chi connectivity index (χ0) is 20.0. The van der Waals surface area contributed by atoms with Crippen LogP contribution in [0.2, 0.25) is 0 Å². The summed E-state index contributed by atoms with van der Waals surface area (Å²) in [6, 6.07) is 8.16. The Kier molecular flexibility index (Phi) is 6.61. The summed E-state index contributed by atoms with van der Waals surface area (Å²) in [6.07, 6.45) is 0.632. The lowest BCUT2D eigenvalue weighted by atomic mass is 10.1. The number of urea groups is 1. The molecule has 0 bridgehead atoms. The second-order valence-electron chi connectivity index (χ2n) is 6.89. The summed E-state index contributed by atoms with van der Waals surface area (Å²) < 4.78 is 43.9. The van der Waals surface area contributed by atoms with E-state index in [2.05, 4.69) is 15.5 Å². The molecular formula is C20H24F3N3O2. The summed E-state index contributed by atoms with van der Waals surface area (Å²) in [7, 11) is 0. The van der Waals surface area contributed by atoms with Crippen LogP contribution < -0.4 is 10.6 Å². The number of furan rings is 1. The van der Waals surface area contributed by atoms with Crippen molar-refractivity contribution in [3.05, 3.63) is 59.5 Å². The first-order valence-electron chi connectivity index (χ1n) is 9.39. The molecule has 2 amide bonds. The summed E-state index contributed by atoms with van der Waals surface area (Å²) in [5.41, 5.74) is -0.334. The molecule has 5 nitrogen and oxygen atoms in total. The summed E-state index contributed by atoms with van der Waals surface area (Å²) in [4.78, 5) is 14.4. The molecule has 1 atom stereocenters. The second kappa shape index (κ2) is 9.14. The third kappa shape index (κ3) is 5.51. The first kappa shape index (κ1) is 20.3. The van der Waals surface area contributed by atoms with E-state index >= 15 is 0 Å².